The van der Waals surface area contributed by atoms with E-state index in [4.69, 9.17) is 4.74 Å². The van der Waals surface area contributed by atoms with Crippen LogP contribution in [0.3, 0.4) is 0 Å². The number of ether oxygens (including phenoxy) is 1. The van der Waals surface area contributed by atoms with E-state index in [9.17, 15) is 18.0 Å². The maximum Gasteiger partial charge on any atom is 0.433 e. The molecule has 116 valence electrons. The maximum absolute atomic E-state index is 12.5. The second kappa shape index (κ2) is 6.88. The summed E-state index contributed by atoms with van der Waals surface area (Å²) in [6.45, 7) is -0.194. The number of benzene rings is 1. The molecule has 0 spiro atoms. The summed E-state index contributed by atoms with van der Waals surface area (Å²) in [5.74, 6) is -0.699. The van der Waals surface area contributed by atoms with Gasteiger partial charge in [0.25, 0.3) is 0 Å². The molecule has 0 bridgehead atoms. The van der Waals surface area contributed by atoms with Gasteiger partial charge in [0.1, 0.15) is 31.0 Å². The SMILES string of the molecule is O=C(CNc1cc(C(F)(F)F)ncn1)OCc1ccccc1. The van der Waals surface area contributed by atoms with Crippen LogP contribution in [0.25, 0.3) is 0 Å². The van der Waals surface area contributed by atoms with Crippen molar-refractivity contribution in [3.8, 4) is 0 Å². The Morgan fingerprint density at radius 3 is 2.59 bits per heavy atom. The molecule has 1 heterocycles. The van der Waals surface area contributed by atoms with Crippen LogP contribution in [0.5, 0.6) is 0 Å². The Bertz CT molecular complexity index is 633. The highest BCUT2D eigenvalue weighted by Gasteiger charge is 2.32. The Kier molecular flexibility index (Phi) is 4.92. The Balaban J connectivity index is 1.84. The first-order valence-electron chi connectivity index (χ1n) is 6.28. The minimum absolute atomic E-state index is 0.0962. The zero-order valence-electron chi connectivity index (χ0n) is 11.3. The number of carbonyl (C=O) groups excluding carboxylic acids is 1. The number of esters is 1. The van der Waals surface area contributed by atoms with Crippen molar-refractivity contribution >= 4 is 11.8 Å². The number of halogens is 3. The summed E-state index contributed by atoms with van der Waals surface area (Å²) in [4.78, 5) is 18.3. The van der Waals surface area contributed by atoms with Gasteiger partial charge in [-0.3, -0.25) is 4.79 Å². The summed E-state index contributed by atoms with van der Waals surface area (Å²) in [7, 11) is 0. The van der Waals surface area contributed by atoms with Gasteiger partial charge in [-0.2, -0.15) is 13.2 Å². The number of nitrogens with one attached hydrogen (secondary N) is 1. The van der Waals surface area contributed by atoms with E-state index in [1.165, 1.54) is 0 Å². The summed E-state index contributed by atoms with van der Waals surface area (Å²) in [5.41, 5.74) is -0.264. The van der Waals surface area contributed by atoms with Crippen molar-refractivity contribution in [3.63, 3.8) is 0 Å². The summed E-state index contributed by atoms with van der Waals surface area (Å²) >= 11 is 0. The second-order valence-corrected chi connectivity index (χ2v) is 4.29. The molecule has 1 aromatic heterocycles. The van der Waals surface area contributed by atoms with Gasteiger partial charge in [-0.25, -0.2) is 9.97 Å². The molecule has 5 nitrogen and oxygen atoms in total. The molecule has 0 amide bonds. The fraction of sp³-hybridized carbons (Fsp3) is 0.214. The largest absolute Gasteiger partial charge is 0.460 e. The van der Waals surface area contributed by atoms with Crippen molar-refractivity contribution in [3.05, 3.63) is 54.0 Å². The standard InChI is InChI=1S/C14H12F3N3O2/c15-14(16,17)11-6-12(20-9-19-11)18-7-13(21)22-8-10-4-2-1-3-5-10/h1-6,9H,7-8H2,(H,18,19,20). The zero-order valence-corrected chi connectivity index (χ0v) is 11.3. The topological polar surface area (TPSA) is 64.1 Å². The van der Waals surface area contributed by atoms with Crippen LogP contribution < -0.4 is 5.32 Å². The van der Waals surface area contributed by atoms with Gasteiger partial charge in [0, 0.05) is 6.07 Å². The third kappa shape index (κ3) is 4.72. The number of carbonyl (C=O) groups is 1. The molecular weight excluding hydrogens is 299 g/mol. The molecule has 0 fully saturated rings. The van der Waals surface area contributed by atoms with Gasteiger partial charge in [0.2, 0.25) is 0 Å². The molecule has 0 saturated carbocycles. The normalized spacial score (nSPS) is 11.0. The molecule has 0 aliphatic carbocycles. The Morgan fingerprint density at radius 2 is 1.91 bits per heavy atom. The lowest BCUT2D eigenvalue weighted by molar-refractivity contribution is -0.142. The molecule has 0 unspecified atom stereocenters. The number of hydrogen-bond donors (Lipinski definition) is 1. The average molecular weight is 311 g/mol. The van der Waals surface area contributed by atoms with E-state index in [-0.39, 0.29) is 19.0 Å². The van der Waals surface area contributed by atoms with E-state index in [1.807, 2.05) is 6.07 Å². The quantitative estimate of drug-likeness (QED) is 0.860. The average Bonchev–Trinajstić information content (AvgIpc) is 2.51. The van der Waals surface area contributed by atoms with Gasteiger partial charge < -0.3 is 10.1 Å². The van der Waals surface area contributed by atoms with E-state index in [1.54, 1.807) is 24.3 Å². The zero-order chi connectivity index (χ0) is 16.0. The van der Waals surface area contributed by atoms with Gasteiger partial charge in [0.15, 0.2) is 0 Å². The van der Waals surface area contributed by atoms with Crippen molar-refractivity contribution < 1.29 is 22.7 Å². The number of aromatic nitrogens is 2. The molecule has 2 aromatic rings. The molecule has 1 N–H and O–H groups in total. The lowest BCUT2D eigenvalue weighted by Crippen LogP contribution is -2.18. The molecule has 8 heteroatoms. The Morgan fingerprint density at radius 1 is 1.18 bits per heavy atom. The number of rotatable bonds is 5. The molecule has 0 saturated heterocycles. The fourth-order valence-electron chi connectivity index (χ4n) is 1.56. The molecule has 0 aliphatic heterocycles. The highest BCUT2D eigenvalue weighted by molar-refractivity contribution is 5.74. The van der Waals surface area contributed by atoms with Crippen LogP contribution in [0, 0.1) is 0 Å². The van der Waals surface area contributed by atoms with Gasteiger partial charge in [0.05, 0.1) is 0 Å². The van der Waals surface area contributed by atoms with Gasteiger partial charge in [-0.05, 0) is 5.56 Å². The molecule has 1 aromatic carbocycles. The Hall–Kier alpha value is -2.64. The van der Waals surface area contributed by atoms with Crippen molar-refractivity contribution in [1.29, 1.82) is 0 Å². The van der Waals surface area contributed by atoms with Gasteiger partial charge >= 0.3 is 12.1 Å². The maximum atomic E-state index is 12.5. The van der Waals surface area contributed by atoms with Crippen molar-refractivity contribution in [1.82, 2.24) is 9.97 Å². The van der Waals surface area contributed by atoms with Crippen LogP contribution in [-0.4, -0.2) is 22.5 Å². The minimum Gasteiger partial charge on any atom is -0.460 e. The number of nitrogens with zero attached hydrogens (tertiary/aromatic N) is 2. The summed E-state index contributed by atoms with van der Waals surface area (Å²) < 4.78 is 42.4. The summed E-state index contributed by atoms with van der Waals surface area (Å²) in [6, 6.07) is 9.76. The molecule has 0 aliphatic rings. The Labute approximate surface area is 124 Å². The smallest absolute Gasteiger partial charge is 0.433 e. The van der Waals surface area contributed by atoms with E-state index >= 15 is 0 Å². The monoisotopic (exact) mass is 311 g/mol. The van der Waals surface area contributed by atoms with Crippen molar-refractivity contribution in [2.75, 3.05) is 11.9 Å². The highest BCUT2D eigenvalue weighted by Crippen LogP contribution is 2.27. The molecule has 0 atom stereocenters. The van der Waals surface area contributed by atoms with Crippen LogP contribution in [0.2, 0.25) is 0 Å². The highest BCUT2D eigenvalue weighted by atomic mass is 19.4. The summed E-state index contributed by atoms with van der Waals surface area (Å²) in [5, 5.41) is 2.47. The fourth-order valence-corrected chi connectivity index (χ4v) is 1.56. The lowest BCUT2D eigenvalue weighted by atomic mass is 10.2. The third-order valence-electron chi connectivity index (χ3n) is 2.61. The van der Waals surface area contributed by atoms with Gasteiger partial charge in [-0.1, -0.05) is 30.3 Å². The lowest BCUT2D eigenvalue weighted by Gasteiger charge is -2.09. The van der Waals surface area contributed by atoms with Crippen LogP contribution in [-0.2, 0) is 22.3 Å². The van der Waals surface area contributed by atoms with E-state index in [2.05, 4.69) is 15.3 Å². The van der Waals surface area contributed by atoms with E-state index in [0.717, 1.165) is 18.0 Å². The minimum atomic E-state index is -4.56. The number of anilines is 1. The summed E-state index contributed by atoms with van der Waals surface area (Å²) in [6.07, 6.45) is -3.78. The first-order valence-corrected chi connectivity index (χ1v) is 6.28. The molecule has 2 rings (SSSR count). The van der Waals surface area contributed by atoms with E-state index in [0.29, 0.717) is 0 Å². The van der Waals surface area contributed by atoms with Crippen molar-refractivity contribution in [2.24, 2.45) is 0 Å². The van der Waals surface area contributed by atoms with Crippen LogP contribution in [0.15, 0.2) is 42.7 Å². The molecular formula is C14H12F3N3O2. The molecule has 22 heavy (non-hydrogen) atoms. The predicted molar refractivity (Wildman–Crippen MR) is 71.8 cm³/mol. The van der Waals surface area contributed by atoms with Crippen LogP contribution >= 0.6 is 0 Å². The van der Waals surface area contributed by atoms with Crippen LogP contribution in [0.1, 0.15) is 11.3 Å². The number of hydrogen-bond acceptors (Lipinski definition) is 5. The van der Waals surface area contributed by atoms with E-state index < -0.39 is 17.8 Å². The first-order chi connectivity index (χ1) is 10.4. The first kappa shape index (κ1) is 15.7. The van der Waals surface area contributed by atoms with Crippen molar-refractivity contribution in [2.45, 2.75) is 12.8 Å². The number of alkyl halides is 3. The predicted octanol–water partition coefficient (Wildman–Crippen LogP) is 2.65. The van der Waals surface area contributed by atoms with Crippen LogP contribution in [0.4, 0.5) is 19.0 Å². The molecule has 0 radical (unpaired) electrons. The second-order valence-electron chi connectivity index (χ2n) is 4.29. The van der Waals surface area contributed by atoms with Gasteiger partial charge in [-0.15, -0.1) is 0 Å². The third-order valence-corrected chi connectivity index (χ3v) is 2.61.